The van der Waals surface area contributed by atoms with Gasteiger partial charge in [-0.3, -0.25) is 4.72 Å². The lowest BCUT2D eigenvalue weighted by Crippen LogP contribution is -2.29. The molecule has 24 heavy (non-hydrogen) atoms. The van der Waals surface area contributed by atoms with Crippen molar-refractivity contribution in [2.75, 3.05) is 0 Å². The number of fused-ring (bicyclic) bond motifs is 1. The van der Waals surface area contributed by atoms with Crippen molar-refractivity contribution >= 4 is 38.9 Å². The lowest BCUT2D eigenvalue weighted by atomic mass is 9.84. The number of halogens is 1. The summed E-state index contributed by atoms with van der Waals surface area (Å²) in [7, 11) is -0.203. The van der Waals surface area contributed by atoms with Crippen molar-refractivity contribution in [2.45, 2.75) is 63.3 Å². The number of benzene rings is 1. The Bertz CT molecular complexity index is 736. The lowest BCUT2D eigenvalue weighted by Gasteiger charge is -2.30. The molecule has 0 aliphatic heterocycles. The summed E-state index contributed by atoms with van der Waals surface area (Å²) in [5.74, 6) is 5.31. The van der Waals surface area contributed by atoms with Gasteiger partial charge in [0.1, 0.15) is 5.15 Å². The number of rotatable bonds is 5. The van der Waals surface area contributed by atoms with Gasteiger partial charge in [-0.1, -0.05) is 54.0 Å². The van der Waals surface area contributed by atoms with Gasteiger partial charge < -0.3 is 0 Å². The molecule has 1 unspecified atom stereocenters. The minimum Gasteiger partial charge on any atom is -0.263 e. The van der Waals surface area contributed by atoms with E-state index in [1.165, 1.54) is 48.8 Å². The van der Waals surface area contributed by atoms with Crippen molar-refractivity contribution in [3.05, 3.63) is 35.1 Å². The molecule has 2 aromatic rings. The predicted molar refractivity (Wildman–Crippen MR) is 108 cm³/mol. The molecular weight excluding hydrogens is 336 g/mol. The Labute approximate surface area is 153 Å². The first-order valence-electron chi connectivity index (χ1n) is 8.93. The molecule has 1 aromatic carbocycles. The molecule has 1 aliphatic rings. The summed E-state index contributed by atoms with van der Waals surface area (Å²) < 4.78 is 3.75. The van der Waals surface area contributed by atoms with E-state index in [0.717, 1.165) is 16.9 Å². The van der Waals surface area contributed by atoms with Crippen LogP contribution in [0.2, 0.25) is 5.15 Å². The van der Waals surface area contributed by atoms with Gasteiger partial charge in [-0.25, -0.2) is 4.98 Å². The Balaban J connectivity index is 1.70. The second kappa shape index (κ2) is 7.99. The van der Waals surface area contributed by atoms with Crippen LogP contribution in [-0.4, -0.2) is 16.9 Å². The van der Waals surface area contributed by atoms with Gasteiger partial charge in [-0.15, -0.1) is 0 Å². The van der Waals surface area contributed by atoms with Crippen LogP contribution in [-0.2, 0) is 0 Å². The Morgan fingerprint density at radius 2 is 2.00 bits per heavy atom. The molecule has 3 rings (SSSR count). The molecular formula is C20H27ClN2S. The zero-order chi connectivity index (χ0) is 17.1. The first-order valence-corrected chi connectivity index (χ1v) is 10.7. The summed E-state index contributed by atoms with van der Waals surface area (Å²) in [5.41, 5.74) is 1.16. The SMILES string of the molecule is C=S(NC1CCC(CCC)CC1)c1ccc2c(C)cnc(Cl)c2c1. The fraction of sp³-hybridized carbons (Fsp3) is 0.500. The van der Waals surface area contributed by atoms with Crippen LogP contribution in [0.1, 0.15) is 51.0 Å². The third kappa shape index (κ3) is 4.01. The molecule has 0 bridgehead atoms. The zero-order valence-electron chi connectivity index (χ0n) is 14.6. The Kier molecular flexibility index (Phi) is 5.96. The van der Waals surface area contributed by atoms with Crippen molar-refractivity contribution in [1.82, 2.24) is 9.71 Å². The largest absolute Gasteiger partial charge is 0.263 e. The summed E-state index contributed by atoms with van der Waals surface area (Å²) in [6.45, 7) is 4.36. The molecule has 0 radical (unpaired) electrons. The van der Waals surface area contributed by atoms with E-state index in [9.17, 15) is 0 Å². The zero-order valence-corrected chi connectivity index (χ0v) is 16.2. The molecule has 1 saturated carbocycles. The third-order valence-electron chi connectivity index (χ3n) is 5.15. The van der Waals surface area contributed by atoms with Crippen LogP contribution in [0.3, 0.4) is 0 Å². The summed E-state index contributed by atoms with van der Waals surface area (Å²) in [5, 5.41) is 2.79. The summed E-state index contributed by atoms with van der Waals surface area (Å²) in [6, 6.07) is 7.08. The van der Waals surface area contributed by atoms with E-state index in [0.29, 0.717) is 11.2 Å². The van der Waals surface area contributed by atoms with Gasteiger partial charge >= 0.3 is 0 Å². The van der Waals surface area contributed by atoms with E-state index in [4.69, 9.17) is 11.6 Å². The minimum absolute atomic E-state index is 0.203. The number of hydrogen-bond donors (Lipinski definition) is 1. The van der Waals surface area contributed by atoms with Gasteiger partial charge in [0.05, 0.1) is 0 Å². The van der Waals surface area contributed by atoms with Crippen LogP contribution in [0.25, 0.3) is 10.8 Å². The van der Waals surface area contributed by atoms with E-state index in [1.807, 2.05) is 6.20 Å². The highest BCUT2D eigenvalue weighted by atomic mass is 35.5. The fourth-order valence-electron chi connectivity index (χ4n) is 3.73. The van der Waals surface area contributed by atoms with Gasteiger partial charge in [0.15, 0.2) is 0 Å². The number of nitrogens with zero attached hydrogens (tertiary/aromatic N) is 1. The minimum atomic E-state index is -0.203. The Morgan fingerprint density at radius 3 is 2.71 bits per heavy atom. The molecule has 1 aromatic heterocycles. The van der Waals surface area contributed by atoms with Gasteiger partial charge in [0, 0.05) is 22.5 Å². The number of aromatic nitrogens is 1. The van der Waals surface area contributed by atoms with Crippen molar-refractivity contribution < 1.29 is 0 Å². The first-order chi connectivity index (χ1) is 11.6. The van der Waals surface area contributed by atoms with E-state index >= 15 is 0 Å². The molecule has 0 spiro atoms. The first kappa shape index (κ1) is 17.9. The smallest absolute Gasteiger partial charge is 0.136 e. The monoisotopic (exact) mass is 362 g/mol. The van der Waals surface area contributed by atoms with Crippen LogP contribution in [0.5, 0.6) is 0 Å². The van der Waals surface area contributed by atoms with Crippen molar-refractivity contribution in [3.8, 4) is 0 Å². The quantitative estimate of drug-likeness (QED) is 0.512. The maximum atomic E-state index is 6.29. The van der Waals surface area contributed by atoms with Crippen LogP contribution >= 0.6 is 22.3 Å². The lowest BCUT2D eigenvalue weighted by molar-refractivity contribution is 0.300. The highest BCUT2D eigenvalue weighted by Crippen LogP contribution is 2.33. The summed E-state index contributed by atoms with van der Waals surface area (Å²) >= 11 is 6.29. The average molecular weight is 363 g/mol. The van der Waals surface area contributed by atoms with Crippen LogP contribution in [0.15, 0.2) is 29.3 Å². The molecule has 1 heterocycles. The highest BCUT2D eigenvalue weighted by molar-refractivity contribution is 8.12. The second-order valence-corrected chi connectivity index (χ2v) is 8.80. The summed E-state index contributed by atoms with van der Waals surface area (Å²) in [4.78, 5) is 5.49. The van der Waals surface area contributed by atoms with E-state index in [2.05, 4.69) is 47.6 Å². The van der Waals surface area contributed by atoms with Crippen molar-refractivity contribution in [2.24, 2.45) is 5.92 Å². The molecule has 4 heteroatoms. The number of pyridine rings is 1. The van der Waals surface area contributed by atoms with Crippen molar-refractivity contribution in [3.63, 3.8) is 0 Å². The third-order valence-corrected chi connectivity index (χ3v) is 6.89. The van der Waals surface area contributed by atoms with Crippen LogP contribution in [0.4, 0.5) is 0 Å². The maximum absolute atomic E-state index is 6.29. The molecule has 2 nitrogen and oxygen atoms in total. The van der Waals surface area contributed by atoms with E-state index in [-0.39, 0.29) is 10.7 Å². The molecule has 1 fully saturated rings. The number of aryl methyl sites for hydroxylation is 1. The van der Waals surface area contributed by atoms with E-state index in [1.54, 1.807) is 0 Å². The number of hydrogen-bond acceptors (Lipinski definition) is 2. The summed E-state index contributed by atoms with van der Waals surface area (Å²) in [6.07, 6.45) is 9.80. The molecule has 1 atom stereocenters. The van der Waals surface area contributed by atoms with Crippen LogP contribution in [0, 0.1) is 12.8 Å². The normalized spacial score (nSPS) is 22.6. The van der Waals surface area contributed by atoms with Crippen molar-refractivity contribution in [1.29, 1.82) is 0 Å². The molecule has 0 amide bonds. The molecule has 0 saturated heterocycles. The molecule has 1 aliphatic carbocycles. The van der Waals surface area contributed by atoms with Gasteiger partial charge in [0.25, 0.3) is 0 Å². The number of nitrogens with one attached hydrogen (secondary N) is 1. The van der Waals surface area contributed by atoms with Gasteiger partial charge in [-0.2, -0.15) is 0 Å². The fourth-order valence-corrected chi connectivity index (χ4v) is 5.20. The Hall–Kier alpha value is -0.900. The maximum Gasteiger partial charge on any atom is 0.136 e. The molecule has 1 N–H and O–H groups in total. The molecule has 130 valence electrons. The Morgan fingerprint density at radius 1 is 1.25 bits per heavy atom. The van der Waals surface area contributed by atoms with Gasteiger partial charge in [0.2, 0.25) is 0 Å². The highest BCUT2D eigenvalue weighted by Gasteiger charge is 2.20. The van der Waals surface area contributed by atoms with E-state index < -0.39 is 0 Å². The average Bonchev–Trinajstić information content (AvgIpc) is 2.60. The standard InChI is InChI=1S/C20H27ClN2S/c1-4-5-15-6-8-16(9-7-15)23-24(3)17-10-11-18-14(2)13-22-20(21)19(18)12-17/h10-13,15-16,23H,3-9H2,1-2H3. The second-order valence-electron chi connectivity index (χ2n) is 6.95. The van der Waals surface area contributed by atoms with Gasteiger partial charge in [-0.05, 0) is 61.6 Å². The van der Waals surface area contributed by atoms with Crippen LogP contribution < -0.4 is 4.72 Å². The topological polar surface area (TPSA) is 24.9 Å². The predicted octanol–water partition coefficient (Wildman–Crippen LogP) is 6.12.